The Morgan fingerprint density at radius 2 is 1.75 bits per heavy atom. The summed E-state index contributed by atoms with van der Waals surface area (Å²) in [6, 6.07) is 14.2. The third-order valence-electron chi connectivity index (χ3n) is 4.62. The van der Waals surface area contributed by atoms with Gasteiger partial charge in [0.15, 0.2) is 0 Å². The highest BCUT2D eigenvalue weighted by Crippen LogP contribution is 2.25. The molecule has 1 amide bonds. The van der Waals surface area contributed by atoms with Crippen molar-refractivity contribution in [2.24, 2.45) is 0 Å². The largest absolute Gasteiger partial charge is 0.481 e. The van der Waals surface area contributed by atoms with Gasteiger partial charge in [0.1, 0.15) is 17.3 Å². The maximum Gasteiger partial charge on any atom is 0.307 e. The van der Waals surface area contributed by atoms with Gasteiger partial charge in [0.25, 0.3) is 12.3 Å². The molecule has 0 aliphatic heterocycles. The number of nitrogens with one attached hydrogen (secondary N) is 1. The second-order valence-electron chi connectivity index (χ2n) is 7.17. The van der Waals surface area contributed by atoms with Crippen LogP contribution >= 0.6 is 0 Å². The SMILES string of the molecule is Cc1cc(C(F)F)ccc1C(=O)NCc1cc(F)cc(Oc2cccc(CC(=O)O)c2)c1. The Hall–Kier alpha value is -3.81. The third kappa shape index (κ3) is 6.10. The maximum atomic E-state index is 14.1. The molecule has 0 heterocycles. The fourth-order valence-corrected chi connectivity index (χ4v) is 3.17. The highest BCUT2D eigenvalue weighted by molar-refractivity contribution is 5.95. The normalized spacial score (nSPS) is 10.8. The first-order chi connectivity index (χ1) is 15.2. The third-order valence-corrected chi connectivity index (χ3v) is 4.62. The van der Waals surface area contributed by atoms with Crippen LogP contribution in [0.5, 0.6) is 11.5 Å². The smallest absolute Gasteiger partial charge is 0.307 e. The molecule has 0 atom stereocenters. The molecule has 32 heavy (non-hydrogen) atoms. The second kappa shape index (κ2) is 10.00. The van der Waals surface area contributed by atoms with Gasteiger partial charge in [-0.05, 0) is 60.0 Å². The number of aliphatic carboxylic acids is 1. The van der Waals surface area contributed by atoms with Crippen LogP contribution in [0.1, 0.15) is 39.0 Å². The quantitative estimate of drug-likeness (QED) is 0.487. The Morgan fingerprint density at radius 3 is 2.44 bits per heavy atom. The molecule has 0 aliphatic carbocycles. The van der Waals surface area contributed by atoms with Gasteiger partial charge in [-0.25, -0.2) is 13.2 Å². The van der Waals surface area contributed by atoms with Crippen LogP contribution in [0.25, 0.3) is 0 Å². The summed E-state index contributed by atoms with van der Waals surface area (Å²) in [5.74, 6) is -1.51. The van der Waals surface area contributed by atoms with Crippen molar-refractivity contribution in [1.29, 1.82) is 0 Å². The van der Waals surface area contributed by atoms with Gasteiger partial charge in [-0.15, -0.1) is 0 Å². The molecular formula is C24H20F3NO4. The minimum Gasteiger partial charge on any atom is -0.481 e. The van der Waals surface area contributed by atoms with E-state index in [0.717, 1.165) is 0 Å². The van der Waals surface area contributed by atoms with Crippen molar-refractivity contribution >= 4 is 11.9 Å². The lowest BCUT2D eigenvalue weighted by Crippen LogP contribution is -2.23. The van der Waals surface area contributed by atoms with Crippen LogP contribution in [0.15, 0.2) is 60.7 Å². The van der Waals surface area contributed by atoms with E-state index in [1.165, 1.54) is 30.3 Å². The molecule has 0 fully saturated rings. The highest BCUT2D eigenvalue weighted by atomic mass is 19.3. The molecule has 0 saturated heterocycles. The zero-order valence-electron chi connectivity index (χ0n) is 17.1. The van der Waals surface area contributed by atoms with Gasteiger partial charge in [-0.2, -0.15) is 0 Å². The number of hydrogen-bond acceptors (Lipinski definition) is 3. The summed E-state index contributed by atoms with van der Waals surface area (Å²) in [5.41, 5.74) is 1.45. The molecule has 0 aliphatic rings. The number of ether oxygens (including phenoxy) is 1. The molecular weight excluding hydrogens is 423 g/mol. The van der Waals surface area contributed by atoms with Gasteiger partial charge >= 0.3 is 5.97 Å². The summed E-state index contributed by atoms with van der Waals surface area (Å²) in [6.45, 7) is 1.55. The van der Waals surface area contributed by atoms with E-state index in [1.807, 2.05) is 0 Å². The molecule has 0 unspecified atom stereocenters. The zero-order chi connectivity index (χ0) is 23.3. The zero-order valence-corrected chi connectivity index (χ0v) is 17.1. The first-order valence-electron chi connectivity index (χ1n) is 9.66. The van der Waals surface area contributed by atoms with Gasteiger partial charge in [0, 0.05) is 23.7 Å². The number of alkyl halides is 2. The van der Waals surface area contributed by atoms with Gasteiger partial charge < -0.3 is 15.2 Å². The van der Waals surface area contributed by atoms with Crippen LogP contribution in [0.3, 0.4) is 0 Å². The van der Waals surface area contributed by atoms with Gasteiger partial charge in [-0.1, -0.05) is 18.2 Å². The monoisotopic (exact) mass is 443 g/mol. The van der Waals surface area contributed by atoms with Crippen molar-refractivity contribution in [3.05, 3.63) is 94.3 Å². The number of amides is 1. The predicted molar refractivity (Wildman–Crippen MR) is 112 cm³/mol. The summed E-state index contributed by atoms with van der Waals surface area (Å²) in [5, 5.41) is 11.5. The lowest BCUT2D eigenvalue weighted by Gasteiger charge is -2.11. The minimum absolute atomic E-state index is 0.0119. The Balaban J connectivity index is 1.70. The average Bonchev–Trinajstić information content (AvgIpc) is 2.71. The number of carbonyl (C=O) groups excluding carboxylic acids is 1. The van der Waals surface area contributed by atoms with E-state index in [9.17, 15) is 22.8 Å². The molecule has 2 N–H and O–H groups in total. The van der Waals surface area contributed by atoms with Crippen molar-refractivity contribution < 1.29 is 32.6 Å². The lowest BCUT2D eigenvalue weighted by atomic mass is 10.0. The number of hydrogen-bond donors (Lipinski definition) is 2. The number of carboxylic acids is 1. The van der Waals surface area contributed by atoms with Crippen molar-refractivity contribution in [2.45, 2.75) is 26.3 Å². The maximum absolute atomic E-state index is 14.1. The van der Waals surface area contributed by atoms with Crippen LogP contribution in [0.2, 0.25) is 0 Å². The molecule has 3 rings (SSSR count). The molecule has 0 saturated carbocycles. The van der Waals surface area contributed by atoms with Crippen LogP contribution in [0.4, 0.5) is 13.2 Å². The molecule has 8 heteroatoms. The van der Waals surface area contributed by atoms with Gasteiger partial charge in [0.05, 0.1) is 6.42 Å². The Labute approximate surface area is 182 Å². The minimum atomic E-state index is -2.62. The van der Waals surface area contributed by atoms with Crippen molar-refractivity contribution in [3.63, 3.8) is 0 Å². The fraction of sp³-hybridized carbons (Fsp3) is 0.167. The summed E-state index contributed by atoms with van der Waals surface area (Å²) in [4.78, 5) is 23.3. The number of rotatable bonds is 8. The first kappa shape index (κ1) is 22.9. The standard InChI is InChI=1S/C24H20F3NO4/c1-14-7-17(23(26)27)5-6-21(14)24(31)28-13-16-8-18(25)12-20(10-16)32-19-4-2-3-15(9-19)11-22(29)30/h2-10,12,23H,11,13H2,1H3,(H,28,31)(H,29,30). The molecule has 0 bridgehead atoms. The van der Waals surface area contributed by atoms with E-state index in [0.29, 0.717) is 22.4 Å². The topological polar surface area (TPSA) is 75.6 Å². The number of carbonyl (C=O) groups is 2. The van der Waals surface area contributed by atoms with Crippen LogP contribution in [-0.2, 0) is 17.8 Å². The lowest BCUT2D eigenvalue weighted by molar-refractivity contribution is -0.136. The van der Waals surface area contributed by atoms with Crippen LogP contribution in [-0.4, -0.2) is 17.0 Å². The highest BCUT2D eigenvalue weighted by Gasteiger charge is 2.14. The van der Waals surface area contributed by atoms with Crippen LogP contribution < -0.4 is 10.1 Å². The van der Waals surface area contributed by atoms with Crippen LogP contribution in [0, 0.1) is 12.7 Å². The molecule has 3 aromatic carbocycles. The second-order valence-corrected chi connectivity index (χ2v) is 7.17. The Kier molecular flexibility index (Phi) is 7.14. The molecule has 0 spiro atoms. The number of aryl methyl sites for hydroxylation is 1. The van der Waals surface area contributed by atoms with E-state index < -0.39 is 24.1 Å². The Morgan fingerprint density at radius 1 is 1.00 bits per heavy atom. The number of benzene rings is 3. The van der Waals surface area contributed by atoms with E-state index in [1.54, 1.807) is 37.3 Å². The van der Waals surface area contributed by atoms with E-state index >= 15 is 0 Å². The van der Waals surface area contributed by atoms with E-state index in [-0.39, 0.29) is 29.8 Å². The van der Waals surface area contributed by atoms with Gasteiger partial charge in [-0.3, -0.25) is 9.59 Å². The van der Waals surface area contributed by atoms with E-state index in [2.05, 4.69) is 5.32 Å². The fourth-order valence-electron chi connectivity index (χ4n) is 3.17. The number of carboxylic acid groups (broad SMARTS) is 1. The summed E-state index contributed by atoms with van der Waals surface area (Å²) < 4.78 is 45.3. The molecule has 0 radical (unpaired) electrons. The summed E-state index contributed by atoms with van der Waals surface area (Å²) in [7, 11) is 0. The average molecular weight is 443 g/mol. The van der Waals surface area contributed by atoms with Crippen molar-refractivity contribution in [2.75, 3.05) is 0 Å². The molecule has 166 valence electrons. The van der Waals surface area contributed by atoms with Gasteiger partial charge in [0.2, 0.25) is 0 Å². The predicted octanol–water partition coefficient (Wildman–Crippen LogP) is 5.42. The van der Waals surface area contributed by atoms with Crippen molar-refractivity contribution in [1.82, 2.24) is 5.32 Å². The first-order valence-corrected chi connectivity index (χ1v) is 9.66. The Bertz CT molecular complexity index is 1150. The number of halogens is 3. The molecule has 5 nitrogen and oxygen atoms in total. The molecule has 3 aromatic rings. The summed E-state index contributed by atoms with van der Waals surface area (Å²) in [6.07, 6.45) is -2.80. The molecule has 0 aromatic heterocycles. The summed E-state index contributed by atoms with van der Waals surface area (Å²) >= 11 is 0. The van der Waals surface area contributed by atoms with E-state index in [4.69, 9.17) is 9.84 Å². The van der Waals surface area contributed by atoms with Crippen molar-refractivity contribution in [3.8, 4) is 11.5 Å².